The lowest BCUT2D eigenvalue weighted by Gasteiger charge is -2.15. The fraction of sp³-hybridized carbons (Fsp3) is 0.837. The first kappa shape index (κ1) is 45.6. The van der Waals surface area contributed by atoms with E-state index in [1.807, 2.05) is 0 Å². The Morgan fingerprint density at radius 2 is 0.894 bits per heavy atom. The van der Waals surface area contributed by atoms with Gasteiger partial charge >= 0.3 is 5.97 Å². The molecule has 0 aliphatic rings. The van der Waals surface area contributed by atoms with Gasteiger partial charge in [-0.05, 0) is 70.6 Å². The van der Waals surface area contributed by atoms with Crippen molar-refractivity contribution in [2.75, 3.05) is 19.8 Å². The van der Waals surface area contributed by atoms with Gasteiger partial charge in [0.2, 0.25) is 0 Å². The summed E-state index contributed by atoms with van der Waals surface area (Å²) in [5, 5.41) is 9.58. The molecular weight excluding hydrogens is 580 g/mol. The van der Waals surface area contributed by atoms with E-state index in [1.165, 1.54) is 161 Å². The number of rotatable bonds is 38. The Morgan fingerprint density at radius 1 is 0.511 bits per heavy atom. The number of carbonyl (C=O) groups is 1. The van der Waals surface area contributed by atoms with Crippen LogP contribution in [0.25, 0.3) is 0 Å². The zero-order chi connectivity index (χ0) is 34.1. The van der Waals surface area contributed by atoms with Crippen LogP contribution in [0.5, 0.6) is 0 Å². The first-order valence-electron chi connectivity index (χ1n) is 20.6. The molecule has 47 heavy (non-hydrogen) atoms. The number of unbranched alkanes of at least 4 members (excludes halogenated alkanes) is 24. The summed E-state index contributed by atoms with van der Waals surface area (Å²) in [5.74, 6) is -0.210. The van der Waals surface area contributed by atoms with E-state index in [-0.39, 0.29) is 12.6 Å². The molecule has 1 unspecified atom stereocenters. The van der Waals surface area contributed by atoms with Gasteiger partial charge in [-0.3, -0.25) is 4.79 Å². The topological polar surface area (TPSA) is 55.8 Å². The van der Waals surface area contributed by atoms with Crippen molar-refractivity contribution in [3.05, 3.63) is 36.5 Å². The number of esters is 1. The van der Waals surface area contributed by atoms with Crippen molar-refractivity contribution in [1.82, 2.24) is 0 Å². The van der Waals surface area contributed by atoms with Crippen molar-refractivity contribution < 1.29 is 19.4 Å². The number of aliphatic hydroxyl groups excluding tert-OH is 1. The second-order valence-electron chi connectivity index (χ2n) is 13.7. The minimum absolute atomic E-state index is 0.175. The molecule has 0 aromatic carbocycles. The van der Waals surface area contributed by atoms with E-state index in [2.05, 4.69) is 50.3 Å². The maximum absolute atomic E-state index is 12.2. The van der Waals surface area contributed by atoms with Crippen LogP contribution in [0.4, 0.5) is 0 Å². The van der Waals surface area contributed by atoms with Gasteiger partial charge in [-0.1, -0.05) is 166 Å². The Labute approximate surface area is 293 Å². The summed E-state index contributed by atoms with van der Waals surface area (Å²) in [6.07, 6.45) is 50.5. The summed E-state index contributed by atoms with van der Waals surface area (Å²) in [6.45, 7) is 5.31. The molecule has 0 aliphatic heterocycles. The average Bonchev–Trinajstić information content (AvgIpc) is 3.08. The molecule has 0 aromatic heterocycles. The molecule has 4 heteroatoms. The van der Waals surface area contributed by atoms with Gasteiger partial charge in [-0.2, -0.15) is 0 Å². The quantitative estimate of drug-likeness (QED) is 0.0407. The summed E-state index contributed by atoms with van der Waals surface area (Å²) in [6, 6.07) is 0. The van der Waals surface area contributed by atoms with Gasteiger partial charge in [0.05, 0.1) is 13.2 Å². The molecule has 0 radical (unpaired) electrons. The highest BCUT2D eigenvalue weighted by atomic mass is 16.6. The fourth-order valence-electron chi connectivity index (χ4n) is 5.82. The number of hydrogen-bond donors (Lipinski definition) is 1. The molecule has 276 valence electrons. The molecule has 4 nitrogen and oxygen atoms in total. The average molecular weight is 661 g/mol. The SMILES string of the molecule is CCCCC/C=C\C/C=C\CCCCCCCCCCCCOCC(CO)OC(=O)CCCCCCC/C=C\CCCCCCCC. The van der Waals surface area contributed by atoms with Crippen LogP contribution < -0.4 is 0 Å². The van der Waals surface area contributed by atoms with Crippen LogP contribution in [0, 0.1) is 0 Å². The predicted octanol–water partition coefficient (Wildman–Crippen LogP) is 13.3. The van der Waals surface area contributed by atoms with E-state index < -0.39 is 6.10 Å². The predicted molar refractivity (Wildman–Crippen MR) is 205 cm³/mol. The van der Waals surface area contributed by atoms with Gasteiger partial charge in [-0.25, -0.2) is 0 Å². The lowest BCUT2D eigenvalue weighted by molar-refractivity contribution is -0.154. The van der Waals surface area contributed by atoms with Gasteiger partial charge in [0.1, 0.15) is 6.10 Å². The third-order valence-electron chi connectivity index (χ3n) is 8.94. The molecule has 0 heterocycles. The van der Waals surface area contributed by atoms with Crippen molar-refractivity contribution in [2.45, 2.75) is 213 Å². The van der Waals surface area contributed by atoms with Crippen LogP contribution in [-0.4, -0.2) is 37.0 Å². The molecular formula is C43H80O4. The smallest absolute Gasteiger partial charge is 0.306 e. The monoisotopic (exact) mass is 661 g/mol. The first-order chi connectivity index (χ1) is 23.2. The van der Waals surface area contributed by atoms with Crippen LogP contribution in [0.15, 0.2) is 36.5 Å². The maximum atomic E-state index is 12.2. The molecule has 0 saturated heterocycles. The second-order valence-corrected chi connectivity index (χ2v) is 13.7. The summed E-state index contributed by atoms with van der Waals surface area (Å²) < 4.78 is 11.1. The van der Waals surface area contributed by atoms with Gasteiger partial charge in [0, 0.05) is 13.0 Å². The summed E-state index contributed by atoms with van der Waals surface area (Å²) in [4.78, 5) is 12.2. The molecule has 0 aromatic rings. The molecule has 0 aliphatic carbocycles. The second kappa shape index (κ2) is 40.8. The van der Waals surface area contributed by atoms with Crippen LogP contribution >= 0.6 is 0 Å². The summed E-state index contributed by atoms with van der Waals surface area (Å²) in [7, 11) is 0. The Morgan fingerprint density at radius 3 is 1.38 bits per heavy atom. The number of ether oxygens (including phenoxy) is 2. The molecule has 0 saturated carbocycles. The summed E-state index contributed by atoms with van der Waals surface area (Å²) >= 11 is 0. The summed E-state index contributed by atoms with van der Waals surface area (Å²) in [5.41, 5.74) is 0. The Balaban J connectivity index is 3.43. The van der Waals surface area contributed by atoms with Crippen molar-refractivity contribution in [3.8, 4) is 0 Å². The molecule has 0 rings (SSSR count). The van der Waals surface area contributed by atoms with Gasteiger partial charge in [0.25, 0.3) is 0 Å². The number of aliphatic hydroxyl groups is 1. The third-order valence-corrected chi connectivity index (χ3v) is 8.94. The van der Waals surface area contributed by atoms with E-state index in [9.17, 15) is 9.90 Å². The zero-order valence-electron chi connectivity index (χ0n) is 31.5. The van der Waals surface area contributed by atoms with Gasteiger partial charge in [-0.15, -0.1) is 0 Å². The molecule has 0 fully saturated rings. The van der Waals surface area contributed by atoms with Crippen LogP contribution in [0.3, 0.4) is 0 Å². The fourth-order valence-corrected chi connectivity index (χ4v) is 5.82. The maximum Gasteiger partial charge on any atom is 0.306 e. The largest absolute Gasteiger partial charge is 0.457 e. The van der Waals surface area contributed by atoms with E-state index in [0.717, 1.165) is 25.7 Å². The lowest BCUT2D eigenvalue weighted by Crippen LogP contribution is -2.27. The zero-order valence-corrected chi connectivity index (χ0v) is 31.5. The van der Waals surface area contributed by atoms with Crippen LogP contribution in [-0.2, 0) is 14.3 Å². The minimum atomic E-state index is -0.538. The molecule has 0 spiro atoms. The Bertz CT molecular complexity index is 698. The number of hydrogen-bond acceptors (Lipinski definition) is 4. The standard InChI is InChI=1S/C43H80O4/c1-3-5-7-9-11-13-15-17-19-20-21-22-23-25-27-29-31-33-35-37-39-46-41-42(40-44)47-43(45)38-36-34-32-30-28-26-24-18-16-14-12-10-8-6-4-2/h11,13,17-19,24,42,44H,3-10,12,14-16,20-23,25-41H2,1-2H3/b13-11-,19-17-,24-18-. The normalized spacial score (nSPS) is 12.7. The van der Waals surface area contributed by atoms with Crippen molar-refractivity contribution in [3.63, 3.8) is 0 Å². The highest BCUT2D eigenvalue weighted by Gasteiger charge is 2.13. The third kappa shape index (κ3) is 38.9. The minimum Gasteiger partial charge on any atom is -0.457 e. The first-order valence-corrected chi connectivity index (χ1v) is 20.6. The Hall–Kier alpha value is -1.39. The van der Waals surface area contributed by atoms with Crippen molar-refractivity contribution in [1.29, 1.82) is 0 Å². The lowest BCUT2D eigenvalue weighted by atomic mass is 10.1. The highest BCUT2D eigenvalue weighted by Crippen LogP contribution is 2.13. The van der Waals surface area contributed by atoms with E-state index in [1.54, 1.807) is 0 Å². The van der Waals surface area contributed by atoms with Crippen LogP contribution in [0.2, 0.25) is 0 Å². The molecule has 1 N–H and O–H groups in total. The van der Waals surface area contributed by atoms with E-state index >= 15 is 0 Å². The molecule has 0 bridgehead atoms. The number of carbonyl (C=O) groups excluding carboxylic acids is 1. The number of allylic oxidation sites excluding steroid dienone is 6. The van der Waals surface area contributed by atoms with Crippen molar-refractivity contribution in [2.24, 2.45) is 0 Å². The van der Waals surface area contributed by atoms with E-state index in [4.69, 9.17) is 9.47 Å². The van der Waals surface area contributed by atoms with Crippen LogP contribution in [0.1, 0.15) is 206 Å². The molecule has 0 amide bonds. The van der Waals surface area contributed by atoms with Gasteiger partial charge < -0.3 is 14.6 Å². The van der Waals surface area contributed by atoms with Crippen molar-refractivity contribution >= 4 is 5.97 Å². The Kier molecular flexibility index (Phi) is 39.6. The molecule has 1 atom stereocenters. The highest BCUT2D eigenvalue weighted by molar-refractivity contribution is 5.69. The van der Waals surface area contributed by atoms with Gasteiger partial charge in [0.15, 0.2) is 0 Å². The van der Waals surface area contributed by atoms with E-state index in [0.29, 0.717) is 19.6 Å².